The van der Waals surface area contributed by atoms with Gasteiger partial charge in [-0.15, -0.1) is 0 Å². The largest absolute Gasteiger partial charge is 0.370 e. The highest BCUT2D eigenvalue weighted by molar-refractivity contribution is 7.89. The molecule has 0 bridgehead atoms. The molecule has 222 valence electrons. The van der Waals surface area contributed by atoms with Crippen LogP contribution < -0.4 is 26.0 Å². The number of rotatable bonds is 10. The molecule has 1 atom stereocenters. The predicted octanol–water partition coefficient (Wildman–Crippen LogP) is 3.41. The summed E-state index contributed by atoms with van der Waals surface area (Å²) in [5.41, 5.74) is 7.95. The third kappa shape index (κ3) is 7.67. The summed E-state index contributed by atoms with van der Waals surface area (Å²) in [6.45, 7) is 2.67. The average molecular weight is 582 g/mol. The van der Waals surface area contributed by atoms with Crippen LogP contribution in [0.1, 0.15) is 56.9 Å². The van der Waals surface area contributed by atoms with Gasteiger partial charge in [0.2, 0.25) is 21.8 Å². The van der Waals surface area contributed by atoms with E-state index >= 15 is 0 Å². The number of piperidine rings is 1. The lowest BCUT2D eigenvalue weighted by Crippen LogP contribution is -2.37. The summed E-state index contributed by atoms with van der Waals surface area (Å²) >= 11 is 0. The monoisotopic (exact) mass is 581 g/mol. The molecule has 1 aliphatic carbocycles. The van der Waals surface area contributed by atoms with Crippen molar-refractivity contribution in [3.63, 3.8) is 0 Å². The maximum Gasteiger partial charge on any atom is 0.242 e. The Balaban J connectivity index is 1.30. The molecule has 5 N–H and O–H groups in total. The molecule has 2 aliphatic heterocycles. The van der Waals surface area contributed by atoms with E-state index in [1.165, 1.54) is 5.56 Å². The van der Waals surface area contributed by atoms with Gasteiger partial charge in [-0.1, -0.05) is 30.3 Å². The Bertz CT molecular complexity index is 1300. The van der Waals surface area contributed by atoms with Gasteiger partial charge in [-0.2, -0.15) is 0 Å². The molecule has 3 fully saturated rings. The van der Waals surface area contributed by atoms with Crippen molar-refractivity contribution in [2.24, 2.45) is 23.5 Å². The van der Waals surface area contributed by atoms with Gasteiger partial charge in [0.05, 0.1) is 11.7 Å². The van der Waals surface area contributed by atoms with Gasteiger partial charge in [-0.25, -0.2) is 13.1 Å². The van der Waals surface area contributed by atoms with Crippen molar-refractivity contribution in [3.8, 4) is 0 Å². The molecule has 0 spiro atoms. The molecular formula is C31H43N5O4S. The second-order valence-corrected chi connectivity index (χ2v) is 13.6. The Labute approximate surface area is 243 Å². The molecule has 2 heterocycles. The van der Waals surface area contributed by atoms with Crippen LogP contribution in [0.5, 0.6) is 0 Å². The van der Waals surface area contributed by atoms with E-state index in [-0.39, 0.29) is 34.6 Å². The van der Waals surface area contributed by atoms with Gasteiger partial charge < -0.3 is 21.3 Å². The first-order chi connectivity index (χ1) is 19.8. The third-order valence-corrected chi connectivity index (χ3v) is 10.5. The Hall–Kier alpha value is -2.95. The van der Waals surface area contributed by atoms with Crippen molar-refractivity contribution < 1.29 is 18.0 Å². The Kier molecular flexibility index (Phi) is 9.62. The van der Waals surface area contributed by atoms with Crippen molar-refractivity contribution in [1.29, 1.82) is 0 Å². The van der Waals surface area contributed by atoms with Crippen LogP contribution in [-0.4, -0.2) is 52.5 Å². The van der Waals surface area contributed by atoms with E-state index in [0.717, 1.165) is 64.6 Å². The number of carbonyl (C=O) groups excluding carboxylic acids is 2. The molecule has 1 saturated carbocycles. The van der Waals surface area contributed by atoms with Gasteiger partial charge in [0.1, 0.15) is 4.90 Å². The van der Waals surface area contributed by atoms with Gasteiger partial charge >= 0.3 is 0 Å². The van der Waals surface area contributed by atoms with Gasteiger partial charge in [-0.05, 0) is 99.9 Å². The van der Waals surface area contributed by atoms with E-state index in [2.05, 4.69) is 44.5 Å². The van der Waals surface area contributed by atoms with E-state index in [9.17, 15) is 18.0 Å². The summed E-state index contributed by atoms with van der Waals surface area (Å²) in [6, 6.07) is 15.5. The molecule has 0 radical (unpaired) electrons. The SMILES string of the molecule is NC(=O)C1CCC(CNS(=O)(=O)c2cc(NC(=O)C3CCCN3)ccc2N2CCC(Cc3ccccc3)CC2)CC1. The maximum absolute atomic E-state index is 13.8. The van der Waals surface area contributed by atoms with Gasteiger partial charge in [0, 0.05) is 31.2 Å². The summed E-state index contributed by atoms with van der Waals surface area (Å²) in [5, 5.41) is 6.12. The molecule has 2 amide bonds. The number of hydrogen-bond acceptors (Lipinski definition) is 6. The minimum atomic E-state index is -3.86. The average Bonchev–Trinajstić information content (AvgIpc) is 3.53. The molecule has 0 aromatic heterocycles. The number of nitrogens with one attached hydrogen (secondary N) is 3. The molecule has 2 aromatic carbocycles. The first kappa shape index (κ1) is 29.5. The zero-order valence-corrected chi connectivity index (χ0v) is 24.5. The Morgan fingerprint density at radius 3 is 2.32 bits per heavy atom. The van der Waals surface area contributed by atoms with Crippen LogP contribution in [0, 0.1) is 17.8 Å². The molecule has 10 heteroatoms. The molecule has 41 heavy (non-hydrogen) atoms. The van der Waals surface area contributed by atoms with Gasteiger partial charge in [0.15, 0.2) is 0 Å². The Morgan fingerprint density at radius 1 is 0.927 bits per heavy atom. The summed E-state index contributed by atoms with van der Waals surface area (Å²) in [6.07, 6.45) is 7.63. The van der Waals surface area contributed by atoms with E-state index in [1.807, 2.05) is 18.2 Å². The lowest BCUT2D eigenvalue weighted by Gasteiger charge is -2.35. The number of anilines is 2. The standard InChI is InChI=1S/C31H43N5O4S/c32-30(37)25-10-8-24(9-11-25)21-34-41(39,40)29-20-26(35-31(38)27-7-4-16-33-27)12-13-28(29)36-17-14-23(15-18-36)19-22-5-2-1-3-6-22/h1-3,5-6,12-13,20,23-25,27,33-34H,4,7-11,14-19,21H2,(H2,32,37)(H,35,38). The molecule has 3 aliphatic rings. The van der Waals surface area contributed by atoms with Crippen LogP contribution in [0.2, 0.25) is 0 Å². The van der Waals surface area contributed by atoms with Crippen LogP contribution in [0.4, 0.5) is 11.4 Å². The maximum atomic E-state index is 13.8. The van der Waals surface area contributed by atoms with Crippen molar-refractivity contribution in [2.45, 2.75) is 68.7 Å². The fraction of sp³-hybridized carbons (Fsp3) is 0.548. The number of benzene rings is 2. The predicted molar refractivity (Wildman–Crippen MR) is 161 cm³/mol. The topological polar surface area (TPSA) is 134 Å². The highest BCUT2D eigenvalue weighted by Crippen LogP contribution is 2.34. The van der Waals surface area contributed by atoms with Crippen molar-refractivity contribution in [3.05, 3.63) is 54.1 Å². The number of amides is 2. The van der Waals surface area contributed by atoms with E-state index in [0.29, 0.717) is 36.7 Å². The summed E-state index contributed by atoms with van der Waals surface area (Å²) in [5.74, 6) is 0.190. The second-order valence-electron chi connectivity index (χ2n) is 11.9. The lowest BCUT2D eigenvalue weighted by atomic mass is 9.82. The molecule has 5 rings (SSSR count). The highest BCUT2D eigenvalue weighted by atomic mass is 32.2. The van der Waals surface area contributed by atoms with Crippen LogP contribution >= 0.6 is 0 Å². The second kappa shape index (κ2) is 13.4. The smallest absolute Gasteiger partial charge is 0.242 e. The summed E-state index contributed by atoms with van der Waals surface area (Å²) < 4.78 is 30.4. The van der Waals surface area contributed by atoms with Crippen molar-refractivity contribution in [1.82, 2.24) is 10.0 Å². The number of nitrogens with zero attached hydrogens (tertiary/aromatic N) is 1. The first-order valence-electron chi connectivity index (χ1n) is 15.0. The van der Waals surface area contributed by atoms with Crippen LogP contribution in [0.3, 0.4) is 0 Å². The number of primary amides is 1. The van der Waals surface area contributed by atoms with Gasteiger partial charge in [-0.3, -0.25) is 9.59 Å². The molecule has 9 nitrogen and oxygen atoms in total. The van der Waals surface area contributed by atoms with Gasteiger partial charge in [0.25, 0.3) is 0 Å². The minimum Gasteiger partial charge on any atom is -0.370 e. The molecule has 1 unspecified atom stereocenters. The van der Waals surface area contributed by atoms with Crippen LogP contribution in [0.25, 0.3) is 0 Å². The first-order valence-corrected chi connectivity index (χ1v) is 16.5. The molecule has 2 saturated heterocycles. The zero-order chi connectivity index (χ0) is 28.8. The Morgan fingerprint density at radius 2 is 1.66 bits per heavy atom. The van der Waals surface area contributed by atoms with Crippen molar-refractivity contribution in [2.75, 3.05) is 36.4 Å². The van der Waals surface area contributed by atoms with E-state index in [1.54, 1.807) is 6.07 Å². The minimum absolute atomic E-state index is 0.117. The lowest BCUT2D eigenvalue weighted by molar-refractivity contribution is -0.123. The zero-order valence-electron chi connectivity index (χ0n) is 23.7. The van der Waals surface area contributed by atoms with Crippen LogP contribution in [0.15, 0.2) is 53.4 Å². The number of sulfonamides is 1. The fourth-order valence-electron chi connectivity index (χ4n) is 6.49. The molecule has 2 aromatic rings. The van der Waals surface area contributed by atoms with E-state index in [4.69, 9.17) is 5.73 Å². The van der Waals surface area contributed by atoms with Crippen molar-refractivity contribution >= 4 is 33.2 Å². The highest BCUT2D eigenvalue weighted by Gasteiger charge is 2.30. The quantitative estimate of drug-likeness (QED) is 0.340. The fourth-order valence-corrected chi connectivity index (χ4v) is 7.85. The summed E-state index contributed by atoms with van der Waals surface area (Å²) in [4.78, 5) is 26.7. The summed E-state index contributed by atoms with van der Waals surface area (Å²) in [7, 11) is -3.86. The van der Waals surface area contributed by atoms with E-state index < -0.39 is 10.0 Å². The number of carbonyl (C=O) groups is 2. The normalized spacial score (nSPS) is 23.8. The molecular weight excluding hydrogens is 538 g/mol. The number of nitrogens with two attached hydrogens (primary N) is 1. The number of hydrogen-bond donors (Lipinski definition) is 4. The van der Waals surface area contributed by atoms with Crippen LogP contribution in [-0.2, 0) is 26.0 Å². The third-order valence-electron chi connectivity index (χ3n) is 9.03.